The summed E-state index contributed by atoms with van der Waals surface area (Å²) in [7, 11) is 0.698. The number of aryl methyl sites for hydroxylation is 1. The van der Waals surface area contributed by atoms with E-state index < -0.39 is 43.0 Å². The number of aromatic amines is 1. The van der Waals surface area contributed by atoms with Crippen LogP contribution in [0.2, 0.25) is 0 Å². The quantitative estimate of drug-likeness (QED) is 0.109. The first-order valence-corrected chi connectivity index (χ1v) is 18.5. The molecule has 0 unspecified atom stereocenters. The van der Waals surface area contributed by atoms with Crippen LogP contribution in [0.3, 0.4) is 0 Å². The first-order valence-electron chi connectivity index (χ1n) is 17.0. The number of ether oxygens (including phenoxy) is 4. The zero-order valence-electron chi connectivity index (χ0n) is 30.4. The van der Waals surface area contributed by atoms with Crippen LogP contribution < -0.4 is 20.7 Å². The number of hydrogen-bond donors (Lipinski definition) is 1. The molecule has 51 heavy (non-hydrogen) atoms. The lowest BCUT2D eigenvalue weighted by molar-refractivity contribution is -0.0936. The average molecular weight is 722 g/mol. The van der Waals surface area contributed by atoms with E-state index >= 15 is 0 Å². The Kier molecular flexibility index (Phi) is 12.1. The molecule has 1 aliphatic rings. The van der Waals surface area contributed by atoms with Crippen LogP contribution in [0.5, 0.6) is 11.5 Å². The fourth-order valence-electron chi connectivity index (χ4n) is 6.74. The van der Waals surface area contributed by atoms with Gasteiger partial charge in [-0.05, 0) is 75.6 Å². The van der Waals surface area contributed by atoms with Crippen molar-refractivity contribution in [2.24, 2.45) is 0 Å². The minimum atomic E-state index is -3.89. The smallest absolute Gasteiger partial charge is 0.408 e. The third-order valence-electron chi connectivity index (χ3n) is 9.11. The van der Waals surface area contributed by atoms with E-state index in [1.807, 2.05) is 107 Å². The highest BCUT2D eigenvalue weighted by Crippen LogP contribution is 2.56. The van der Waals surface area contributed by atoms with Crippen LogP contribution in [-0.4, -0.2) is 66.4 Å². The maximum absolute atomic E-state index is 14.5. The fraction of sp³-hybridized carbons (Fsp3) is 0.421. The van der Waals surface area contributed by atoms with Crippen LogP contribution in [0.1, 0.15) is 62.6 Å². The van der Waals surface area contributed by atoms with Crippen LogP contribution in [0, 0.1) is 6.92 Å². The van der Waals surface area contributed by atoms with Crippen molar-refractivity contribution in [2.45, 2.75) is 77.2 Å². The molecule has 0 saturated carbocycles. The molecule has 0 bridgehead atoms. The minimum Gasteiger partial charge on any atom is -0.497 e. The summed E-state index contributed by atoms with van der Waals surface area (Å²) in [5.74, 6) is 1.37. The number of nitrogens with one attached hydrogen (secondary N) is 1. The van der Waals surface area contributed by atoms with Gasteiger partial charge in [0.25, 0.3) is 5.56 Å². The maximum Gasteiger partial charge on any atom is 0.408 e. The molecule has 12 nitrogen and oxygen atoms in total. The number of methoxy groups -OCH3 is 2. The van der Waals surface area contributed by atoms with Gasteiger partial charge in [-0.1, -0.05) is 54.6 Å². The number of rotatable bonds is 15. The molecule has 0 aliphatic carbocycles. The first kappa shape index (κ1) is 38.2. The molecule has 1 aliphatic heterocycles. The number of nitrogens with zero attached hydrogens (tertiary/aromatic N) is 2. The Morgan fingerprint density at radius 1 is 0.863 bits per heavy atom. The Balaban J connectivity index is 1.62. The molecule has 0 amide bonds. The molecular formula is C38H48N3O9P. The van der Waals surface area contributed by atoms with E-state index in [0.717, 1.165) is 16.7 Å². The van der Waals surface area contributed by atoms with Crippen molar-refractivity contribution in [3.63, 3.8) is 0 Å². The third-order valence-corrected chi connectivity index (χ3v) is 11.6. The average Bonchev–Trinajstić information content (AvgIpc) is 3.52. The Hall–Kier alpha value is -4.03. The molecule has 1 saturated heterocycles. The second-order valence-corrected chi connectivity index (χ2v) is 15.0. The van der Waals surface area contributed by atoms with Gasteiger partial charge in [-0.25, -0.2) is 14.0 Å². The van der Waals surface area contributed by atoms with Crippen LogP contribution in [0.25, 0.3) is 0 Å². The van der Waals surface area contributed by atoms with Crippen molar-refractivity contribution >= 4 is 7.75 Å². The molecule has 0 spiro atoms. The summed E-state index contributed by atoms with van der Waals surface area (Å²) in [4.78, 5) is 27.6. The van der Waals surface area contributed by atoms with E-state index in [4.69, 9.17) is 28.0 Å². The molecule has 274 valence electrons. The molecule has 0 radical (unpaired) electrons. The van der Waals surface area contributed by atoms with E-state index in [2.05, 4.69) is 4.98 Å². The highest BCUT2D eigenvalue weighted by Gasteiger charge is 2.47. The van der Waals surface area contributed by atoms with E-state index in [9.17, 15) is 14.2 Å². The predicted molar refractivity (Wildman–Crippen MR) is 194 cm³/mol. The fourth-order valence-corrected chi connectivity index (χ4v) is 8.82. The van der Waals surface area contributed by atoms with Crippen LogP contribution in [-0.2, 0) is 28.7 Å². The topological polar surface area (TPSA) is 131 Å². The molecule has 3 aromatic carbocycles. The summed E-state index contributed by atoms with van der Waals surface area (Å²) >= 11 is 0. The van der Waals surface area contributed by atoms with Gasteiger partial charge in [-0.2, -0.15) is 0 Å². The van der Waals surface area contributed by atoms with Gasteiger partial charge in [0.15, 0.2) is 0 Å². The zero-order chi connectivity index (χ0) is 36.9. The molecule has 2 heterocycles. The maximum atomic E-state index is 14.5. The summed E-state index contributed by atoms with van der Waals surface area (Å²) in [6.45, 7) is 9.24. The summed E-state index contributed by atoms with van der Waals surface area (Å²) in [6, 6.07) is 24.8. The second kappa shape index (κ2) is 16.1. The molecular weight excluding hydrogens is 673 g/mol. The Labute approximate surface area is 298 Å². The Morgan fingerprint density at radius 3 is 1.88 bits per heavy atom. The highest BCUT2D eigenvalue weighted by atomic mass is 31.2. The molecule has 13 heteroatoms. The van der Waals surface area contributed by atoms with Crippen molar-refractivity contribution in [3.05, 3.63) is 128 Å². The van der Waals surface area contributed by atoms with E-state index in [1.54, 1.807) is 25.8 Å². The SMILES string of the molecule is COc1ccc(C(OC[C@H]2O[C@@H](n3cc(C)c(=O)[nH]c3=O)C[C@@H]2O[P@@](=O)(OC)N(C(C)C)C(C)C)(c2ccccc2)c2ccc(OC)cc2)cc1. The minimum absolute atomic E-state index is 0.0573. The molecule has 1 N–H and O–H groups in total. The summed E-state index contributed by atoms with van der Waals surface area (Å²) in [5, 5.41) is 0. The monoisotopic (exact) mass is 721 g/mol. The number of H-pyrrole nitrogens is 1. The van der Waals surface area contributed by atoms with E-state index in [-0.39, 0.29) is 25.1 Å². The van der Waals surface area contributed by atoms with Crippen molar-refractivity contribution in [2.75, 3.05) is 27.9 Å². The summed E-state index contributed by atoms with van der Waals surface area (Å²) in [6.07, 6.45) is -0.963. The van der Waals surface area contributed by atoms with Gasteiger partial charge < -0.3 is 18.9 Å². The van der Waals surface area contributed by atoms with Crippen molar-refractivity contribution in [1.29, 1.82) is 0 Å². The predicted octanol–water partition coefficient (Wildman–Crippen LogP) is 6.42. The summed E-state index contributed by atoms with van der Waals surface area (Å²) in [5.41, 5.74) is 0.511. The highest BCUT2D eigenvalue weighted by molar-refractivity contribution is 7.51. The largest absolute Gasteiger partial charge is 0.497 e. The lowest BCUT2D eigenvalue weighted by atomic mass is 9.80. The molecule has 4 atom stereocenters. The standard InChI is InChI=1S/C38H48N3O9P/c1-25(2)41(26(3)4)51(44,47-8)50-33-22-35(40-23-27(5)36(42)39-37(40)43)49-34(33)24-48-38(28-12-10-9-11-13-28,29-14-18-31(45-6)19-15-29)30-16-20-32(46-7)21-17-30/h9-21,23,25-26,33-35H,22,24H2,1-8H3,(H,39,42,43)/t33-,34+,35+,51-/m0/s1. The molecule has 1 fully saturated rings. The second-order valence-electron chi connectivity index (χ2n) is 13.0. The summed E-state index contributed by atoms with van der Waals surface area (Å²) < 4.78 is 54.3. The van der Waals surface area contributed by atoms with Crippen LogP contribution >= 0.6 is 7.75 Å². The van der Waals surface area contributed by atoms with Crippen LogP contribution in [0.4, 0.5) is 0 Å². The molecule has 4 aromatic rings. The van der Waals surface area contributed by atoms with Gasteiger partial charge in [0.05, 0.1) is 20.8 Å². The van der Waals surface area contributed by atoms with E-state index in [0.29, 0.717) is 17.1 Å². The first-order chi connectivity index (χ1) is 24.4. The van der Waals surface area contributed by atoms with Gasteiger partial charge in [0, 0.05) is 37.4 Å². The number of aromatic nitrogens is 2. The van der Waals surface area contributed by atoms with Crippen molar-refractivity contribution < 1.29 is 32.6 Å². The van der Waals surface area contributed by atoms with Crippen molar-refractivity contribution in [3.8, 4) is 11.5 Å². The van der Waals surface area contributed by atoms with Crippen molar-refractivity contribution in [1.82, 2.24) is 14.2 Å². The third kappa shape index (κ3) is 7.91. The zero-order valence-corrected chi connectivity index (χ0v) is 31.3. The lowest BCUT2D eigenvalue weighted by Crippen LogP contribution is -2.40. The normalized spacial score (nSPS) is 19.1. The van der Waals surface area contributed by atoms with Gasteiger partial charge in [0.2, 0.25) is 0 Å². The lowest BCUT2D eigenvalue weighted by Gasteiger charge is -2.38. The van der Waals surface area contributed by atoms with Gasteiger partial charge >= 0.3 is 13.4 Å². The number of hydrogen-bond acceptors (Lipinski definition) is 9. The molecule has 1 aromatic heterocycles. The van der Waals surface area contributed by atoms with Gasteiger partial charge in [-0.3, -0.25) is 23.4 Å². The van der Waals surface area contributed by atoms with E-state index in [1.165, 1.54) is 17.9 Å². The van der Waals surface area contributed by atoms with Gasteiger partial charge in [-0.15, -0.1) is 0 Å². The van der Waals surface area contributed by atoms with Crippen LogP contribution in [0.15, 0.2) is 94.6 Å². The van der Waals surface area contributed by atoms with Gasteiger partial charge in [0.1, 0.15) is 35.5 Å². The Bertz CT molecular complexity index is 1850. The Morgan fingerprint density at radius 2 is 1.39 bits per heavy atom. The number of benzene rings is 3. The molecule has 5 rings (SSSR count).